The largest absolute Gasteiger partial charge is 0.439 e. The van der Waals surface area contributed by atoms with Gasteiger partial charge in [0.25, 0.3) is 0 Å². The highest BCUT2D eigenvalue weighted by Crippen LogP contribution is 2.25. The Bertz CT molecular complexity index is 621. The Kier molecular flexibility index (Phi) is 4.97. The smallest absolute Gasteiger partial charge is 0.219 e. The van der Waals surface area contributed by atoms with Crippen molar-refractivity contribution in [2.24, 2.45) is 0 Å². The summed E-state index contributed by atoms with van der Waals surface area (Å²) >= 11 is 0. The zero-order valence-corrected chi connectivity index (χ0v) is 13.5. The molecule has 0 saturated heterocycles. The number of hydrogen-bond acceptors (Lipinski definition) is 3. The van der Waals surface area contributed by atoms with Crippen LogP contribution < -0.4 is 10.1 Å². The van der Waals surface area contributed by atoms with E-state index in [4.69, 9.17) is 4.74 Å². The topological polar surface area (TPSA) is 34.1 Å². The number of benzene rings is 1. The molecule has 0 bridgehead atoms. The molecule has 0 fully saturated rings. The summed E-state index contributed by atoms with van der Waals surface area (Å²) in [6.07, 6.45) is 0. The van der Waals surface area contributed by atoms with Gasteiger partial charge in [-0.3, -0.25) is 0 Å². The Morgan fingerprint density at radius 1 is 1.10 bits per heavy atom. The molecule has 112 valence electrons. The maximum Gasteiger partial charge on any atom is 0.219 e. The number of hydrogen-bond donors (Lipinski definition) is 1. The average molecular weight is 284 g/mol. The van der Waals surface area contributed by atoms with Gasteiger partial charge < -0.3 is 10.1 Å². The normalized spacial score (nSPS) is 11.0. The zero-order valence-electron chi connectivity index (χ0n) is 13.5. The molecule has 2 rings (SSSR count). The van der Waals surface area contributed by atoms with Crippen molar-refractivity contribution in [1.82, 2.24) is 10.3 Å². The molecule has 3 nitrogen and oxygen atoms in total. The van der Waals surface area contributed by atoms with E-state index >= 15 is 0 Å². The first kappa shape index (κ1) is 15.5. The van der Waals surface area contributed by atoms with E-state index in [-0.39, 0.29) is 0 Å². The van der Waals surface area contributed by atoms with Crippen LogP contribution in [0.5, 0.6) is 11.6 Å². The van der Waals surface area contributed by atoms with Crippen molar-refractivity contribution in [2.45, 2.75) is 40.2 Å². The van der Waals surface area contributed by atoms with Crippen molar-refractivity contribution < 1.29 is 4.74 Å². The Morgan fingerprint density at radius 3 is 2.48 bits per heavy atom. The fourth-order valence-corrected chi connectivity index (χ4v) is 2.13. The van der Waals surface area contributed by atoms with Crippen molar-refractivity contribution >= 4 is 0 Å². The average Bonchev–Trinajstić information content (AvgIpc) is 2.43. The number of nitrogens with one attached hydrogen (secondary N) is 1. The van der Waals surface area contributed by atoms with Crippen LogP contribution in [0.3, 0.4) is 0 Å². The van der Waals surface area contributed by atoms with E-state index in [0.29, 0.717) is 11.8 Å². The van der Waals surface area contributed by atoms with Crippen LogP contribution in [0.2, 0.25) is 0 Å². The highest BCUT2D eigenvalue weighted by Gasteiger charge is 2.08. The van der Waals surface area contributed by atoms with Gasteiger partial charge in [0, 0.05) is 18.3 Å². The van der Waals surface area contributed by atoms with Gasteiger partial charge in [-0.2, -0.15) is 0 Å². The van der Waals surface area contributed by atoms with Crippen molar-refractivity contribution in [3.05, 3.63) is 52.7 Å². The number of aromatic nitrogens is 1. The Morgan fingerprint density at radius 2 is 1.86 bits per heavy atom. The van der Waals surface area contributed by atoms with E-state index < -0.39 is 0 Å². The van der Waals surface area contributed by atoms with Crippen LogP contribution in [0.15, 0.2) is 30.3 Å². The molecule has 1 aromatic heterocycles. The predicted molar refractivity (Wildman–Crippen MR) is 87.1 cm³/mol. The number of ether oxygens (including phenoxy) is 1. The molecule has 0 saturated carbocycles. The lowest BCUT2D eigenvalue weighted by molar-refractivity contribution is 0.458. The summed E-state index contributed by atoms with van der Waals surface area (Å²) < 4.78 is 5.95. The van der Waals surface area contributed by atoms with Crippen molar-refractivity contribution in [3.8, 4) is 11.6 Å². The summed E-state index contributed by atoms with van der Waals surface area (Å²) in [5.41, 5.74) is 4.74. The monoisotopic (exact) mass is 284 g/mol. The van der Waals surface area contributed by atoms with Crippen LogP contribution in [0.25, 0.3) is 0 Å². The first-order valence-corrected chi connectivity index (χ1v) is 7.40. The first-order chi connectivity index (χ1) is 9.99. The van der Waals surface area contributed by atoms with Crippen molar-refractivity contribution in [2.75, 3.05) is 7.05 Å². The number of aryl methyl sites for hydroxylation is 2. The molecule has 1 heterocycles. The van der Waals surface area contributed by atoms with Crippen molar-refractivity contribution in [3.63, 3.8) is 0 Å². The van der Waals surface area contributed by atoms with Crippen LogP contribution >= 0.6 is 0 Å². The number of pyridine rings is 1. The lowest BCUT2D eigenvalue weighted by Gasteiger charge is -2.12. The van der Waals surface area contributed by atoms with Gasteiger partial charge in [0.1, 0.15) is 5.75 Å². The molecule has 3 heteroatoms. The van der Waals surface area contributed by atoms with E-state index in [0.717, 1.165) is 18.0 Å². The van der Waals surface area contributed by atoms with Crippen LogP contribution in [0, 0.1) is 13.8 Å². The van der Waals surface area contributed by atoms with Gasteiger partial charge in [-0.15, -0.1) is 0 Å². The minimum atomic E-state index is 0.379. The molecule has 21 heavy (non-hydrogen) atoms. The summed E-state index contributed by atoms with van der Waals surface area (Å²) in [4.78, 5) is 4.61. The first-order valence-electron chi connectivity index (χ1n) is 7.40. The maximum atomic E-state index is 5.95. The summed E-state index contributed by atoms with van der Waals surface area (Å²) in [6.45, 7) is 9.29. The van der Waals surface area contributed by atoms with Crippen LogP contribution in [0.4, 0.5) is 0 Å². The summed E-state index contributed by atoms with van der Waals surface area (Å²) in [5, 5.41) is 3.17. The van der Waals surface area contributed by atoms with Gasteiger partial charge in [-0.25, -0.2) is 4.98 Å². The van der Waals surface area contributed by atoms with Crippen LogP contribution in [-0.4, -0.2) is 12.0 Å². The fourth-order valence-electron chi connectivity index (χ4n) is 2.13. The fraction of sp³-hybridized carbons (Fsp3) is 0.389. The third-order valence-corrected chi connectivity index (χ3v) is 3.55. The molecular weight excluding hydrogens is 260 g/mol. The van der Waals surface area contributed by atoms with Gasteiger partial charge in [0.05, 0.1) is 0 Å². The molecule has 1 N–H and O–H groups in total. The number of rotatable bonds is 5. The highest BCUT2D eigenvalue weighted by molar-refractivity contribution is 5.37. The van der Waals surface area contributed by atoms with E-state index in [2.05, 4.69) is 56.2 Å². The molecule has 0 atom stereocenters. The Labute approximate surface area is 127 Å². The Balaban J connectivity index is 2.31. The molecule has 1 aromatic carbocycles. The second-order valence-electron chi connectivity index (χ2n) is 5.77. The molecule has 0 unspecified atom stereocenters. The second kappa shape index (κ2) is 6.72. The third-order valence-electron chi connectivity index (χ3n) is 3.55. The number of nitrogens with zero attached hydrogens (tertiary/aromatic N) is 1. The summed E-state index contributed by atoms with van der Waals surface area (Å²) in [5.74, 6) is 1.88. The second-order valence-corrected chi connectivity index (χ2v) is 5.77. The van der Waals surface area contributed by atoms with E-state index in [1.807, 2.05) is 19.2 Å². The zero-order chi connectivity index (χ0) is 15.4. The predicted octanol–water partition coefficient (Wildman–Crippen LogP) is 4.33. The van der Waals surface area contributed by atoms with Crippen LogP contribution in [0.1, 0.15) is 42.1 Å². The summed E-state index contributed by atoms with van der Waals surface area (Å²) in [6, 6.07) is 10.2. The quantitative estimate of drug-likeness (QED) is 0.887. The van der Waals surface area contributed by atoms with Gasteiger partial charge in [-0.1, -0.05) is 19.9 Å². The lowest BCUT2D eigenvalue weighted by atomic mass is 10.1. The van der Waals surface area contributed by atoms with E-state index in [1.54, 1.807) is 0 Å². The third kappa shape index (κ3) is 4.05. The van der Waals surface area contributed by atoms with Crippen molar-refractivity contribution in [1.29, 1.82) is 0 Å². The van der Waals surface area contributed by atoms with Gasteiger partial charge in [0.2, 0.25) is 5.88 Å². The molecule has 2 aromatic rings. The molecule has 0 spiro atoms. The summed E-state index contributed by atoms with van der Waals surface area (Å²) in [7, 11) is 1.94. The highest BCUT2D eigenvalue weighted by atomic mass is 16.5. The SMILES string of the molecule is CNCc1cc(Oc2ccc(C)c(C)c2)nc(C(C)C)c1. The molecule has 0 aliphatic carbocycles. The minimum absolute atomic E-state index is 0.379. The van der Waals surface area contributed by atoms with E-state index in [1.165, 1.54) is 16.7 Å². The maximum absolute atomic E-state index is 5.95. The molecular formula is C18H24N2O. The van der Waals surface area contributed by atoms with Gasteiger partial charge >= 0.3 is 0 Å². The Hall–Kier alpha value is -1.87. The van der Waals surface area contributed by atoms with Crippen LogP contribution in [-0.2, 0) is 6.54 Å². The minimum Gasteiger partial charge on any atom is -0.439 e. The molecule has 0 amide bonds. The lowest BCUT2D eigenvalue weighted by Crippen LogP contribution is -2.07. The van der Waals surface area contributed by atoms with E-state index in [9.17, 15) is 0 Å². The van der Waals surface area contributed by atoms with Gasteiger partial charge in [0.15, 0.2) is 0 Å². The molecule has 0 radical (unpaired) electrons. The standard InChI is InChI=1S/C18H24N2O/c1-12(2)17-9-15(11-19-5)10-18(20-17)21-16-7-6-13(3)14(4)8-16/h6-10,12,19H,11H2,1-5H3. The molecule has 0 aliphatic rings. The van der Waals surface area contributed by atoms with Gasteiger partial charge in [-0.05, 0) is 61.7 Å². The molecule has 0 aliphatic heterocycles.